The van der Waals surface area contributed by atoms with Gasteiger partial charge in [-0.05, 0) is 50.0 Å². The third-order valence-corrected chi connectivity index (χ3v) is 5.79. The van der Waals surface area contributed by atoms with Crippen LogP contribution < -0.4 is 0 Å². The van der Waals surface area contributed by atoms with E-state index in [1.807, 2.05) is 58.0 Å². The van der Waals surface area contributed by atoms with Crippen LogP contribution in [0.2, 0.25) is 0 Å². The molecule has 1 aliphatic rings. The fourth-order valence-corrected chi connectivity index (χ4v) is 3.86. The number of hydrogen-bond acceptors (Lipinski definition) is 5. The molecule has 0 saturated carbocycles. The van der Waals surface area contributed by atoms with Crippen molar-refractivity contribution in [1.29, 1.82) is 0 Å². The van der Waals surface area contributed by atoms with Crippen LogP contribution in [0.1, 0.15) is 59.4 Å². The second-order valence-corrected chi connectivity index (χ2v) is 9.06. The van der Waals surface area contributed by atoms with E-state index in [9.17, 15) is 10.2 Å². The van der Waals surface area contributed by atoms with Crippen molar-refractivity contribution in [2.45, 2.75) is 84.6 Å². The molecule has 28 heavy (non-hydrogen) atoms. The summed E-state index contributed by atoms with van der Waals surface area (Å²) in [5, 5.41) is 20.1. The minimum atomic E-state index is -0.642. The van der Waals surface area contributed by atoms with Gasteiger partial charge in [-0.2, -0.15) is 0 Å². The van der Waals surface area contributed by atoms with Crippen LogP contribution in [0.5, 0.6) is 0 Å². The van der Waals surface area contributed by atoms with Gasteiger partial charge in [0.1, 0.15) is 6.10 Å². The Morgan fingerprint density at radius 2 is 1.89 bits per heavy atom. The molecule has 1 heterocycles. The summed E-state index contributed by atoms with van der Waals surface area (Å²) in [5.41, 5.74) is 0.757. The van der Waals surface area contributed by atoms with Crippen LogP contribution in [-0.2, 0) is 20.8 Å². The third kappa shape index (κ3) is 6.53. The lowest BCUT2D eigenvalue weighted by Gasteiger charge is -2.41. The average molecular weight is 395 g/mol. The highest BCUT2D eigenvalue weighted by Gasteiger charge is 2.46. The number of aliphatic hydroxyl groups excluding tert-OH is 2. The molecule has 5 heteroatoms. The summed E-state index contributed by atoms with van der Waals surface area (Å²) in [6, 6.07) is 10.1. The molecule has 160 valence electrons. The van der Waals surface area contributed by atoms with Gasteiger partial charge in [0.2, 0.25) is 0 Å². The molecule has 2 rings (SSSR count). The standard InChI is InChI=1S/C23H38O5/c1-17(2)19(25)11-12-23(5,13-14-24)21(20-16-27-22(3,4)28-20)26-15-18-9-7-6-8-10-18/h6-10,17,19-21,24-25H,11-16H2,1-5H3/t19?,20-,21-,23-/m0/s1. The zero-order chi connectivity index (χ0) is 20.8. The van der Waals surface area contributed by atoms with E-state index in [2.05, 4.69) is 6.92 Å². The minimum absolute atomic E-state index is 0.0659. The monoisotopic (exact) mass is 394 g/mol. The Balaban J connectivity index is 2.19. The van der Waals surface area contributed by atoms with Crippen LogP contribution in [0.15, 0.2) is 30.3 Å². The predicted molar refractivity (Wildman–Crippen MR) is 110 cm³/mol. The van der Waals surface area contributed by atoms with E-state index in [1.165, 1.54) is 0 Å². The second kappa shape index (κ2) is 10.2. The first-order valence-corrected chi connectivity index (χ1v) is 10.4. The lowest BCUT2D eigenvalue weighted by Crippen LogP contribution is -2.46. The summed E-state index contributed by atoms with van der Waals surface area (Å²) in [4.78, 5) is 0. The van der Waals surface area contributed by atoms with Crippen molar-refractivity contribution < 1.29 is 24.4 Å². The fourth-order valence-electron chi connectivity index (χ4n) is 3.86. The molecule has 5 nitrogen and oxygen atoms in total. The molecule has 0 aromatic heterocycles. The smallest absolute Gasteiger partial charge is 0.163 e. The van der Waals surface area contributed by atoms with Gasteiger partial charge < -0.3 is 24.4 Å². The number of benzene rings is 1. The molecule has 1 unspecified atom stereocenters. The molecule has 0 spiro atoms. The van der Waals surface area contributed by atoms with Crippen molar-refractivity contribution >= 4 is 0 Å². The molecule has 1 aliphatic heterocycles. The molecule has 1 fully saturated rings. The molecule has 2 N–H and O–H groups in total. The highest BCUT2D eigenvalue weighted by molar-refractivity contribution is 5.13. The van der Waals surface area contributed by atoms with Crippen LogP contribution in [-0.4, -0.2) is 47.5 Å². The van der Waals surface area contributed by atoms with E-state index in [0.29, 0.717) is 26.1 Å². The van der Waals surface area contributed by atoms with E-state index in [0.717, 1.165) is 12.0 Å². The van der Waals surface area contributed by atoms with Crippen LogP contribution in [0.4, 0.5) is 0 Å². The van der Waals surface area contributed by atoms with Gasteiger partial charge in [-0.15, -0.1) is 0 Å². The van der Waals surface area contributed by atoms with E-state index < -0.39 is 5.79 Å². The van der Waals surface area contributed by atoms with Crippen molar-refractivity contribution in [1.82, 2.24) is 0 Å². The molecule has 0 aliphatic carbocycles. The van der Waals surface area contributed by atoms with Gasteiger partial charge >= 0.3 is 0 Å². The van der Waals surface area contributed by atoms with Gasteiger partial charge in [0.05, 0.1) is 25.4 Å². The molecular weight excluding hydrogens is 356 g/mol. The second-order valence-electron chi connectivity index (χ2n) is 9.06. The molecule has 0 radical (unpaired) electrons. The van der Waals surface area contributed by atoms with Crippen molar-refractivity contribution in [3.8, 4) is 0 Å². The summed E-state index contributed by atoms with van der Waals surface area (Å²) in [6.45, 7) is 11.0. The van der Waals surface area contributed by atoms with E-state index in [-0.39, 0.29) is 36.3 Å². The van der Waals surface area contributed by atoms with Crippen molar-refractivity contribution in [3.05, 3.63) is 35.9 Å². The predicted octanol–water partition coefficient (Wildman–Crippen LogP) is 3.91. The minimum Gasteiger partial charge on any atom is -0.396 e. The summed E-state index contributed by atoms with van der Waals surface area (Å²) in [5.74, 6) is -0.441. The number of rotatable bonds is 11. The summed E-state index contributed by atoms with van der Waals surface area (Å²) in [7, 11) is 0. The first kappa shape index (κ1) is 23.3. The molecule has 4 atom stereocenters. The van der Waals surface area contributed by atoms with Gasteiger partial charge in [0, 0.05) is 6.61 Å². The summed E-state index contributed by atoms with van der Waals surface area (Å²) in [6.07, 6.45) is 1.15. The topological polar surface area (TPSA) is 68.2 Å². The Morgan fingerprint density at radius 3 is 2.43 bits per heavy atom. The first-order chi connectivity index (χ1) is 13.2. The SMILES string of the molecule is CC(C)C(O)CC[C@@](C)(CCO)[C@@H](OCc1ccccc1)[C@@H]1COC(C)(C)O1. The van der Waals surface area contributed by atoms with Gasteiger partial charge in [0.15, 0.2) is 5.79 Å². The first-order valence-electron chi connectivity index (χ1n) is 10.4. The third-order valence-electron chi connectivity index (χ3n) is 5.79. The van der Waals surface area contributed by atoms with Crippen LogP contribution in [0.3, 0.4) is 0 Å². The maximum Gasteiger partial charge on any atom is 0.163 e. The van der Waals surface area contributed by atoms with Gasteiger partial charge in [0.25, 0.3) is 0 Å². The van der Waals surface area contributed by atoms with Crippen molar-refractivity contribution in [2.24, 2.45) is 11.3 Å². The zero-order valence-electron chi connectivity index (χ0n) is 18.1. The van der Waals surface area contributed by atoms with Gasteiger partial charge in [-0.3, -0.25) is 0 Å². The Morgan fingerprint density at radius 1 is 1.21 bits per heavy atom. The maximum absolute atomic E-state index is 10.3. The van der Waals surface area contributed by atoms with E-state index in [1.54, 1.807) is 0 Å². The average Bonchev–Trinajstić information content (AvgIpc) is 3.00. The van der Waals surface area contributed by atoms with Crippen molar-refractivity contribution in [3.63, 3.8) is 0 Å². The molecule has 1 aromatic carbocycles. The Hall–Kier alpha value is -0.980. The van der Waals surface area contributed by atoms with E-state index >= 15 is 0 Å². The van der Waals surface area contributed by atoms with Gasteiger partial charge in [-0.25, -0.2) is 0 Å². The molecule has 1 saturated heterocycles. The Kier molecular flexibility index (Phi) is 8.46. The molecular formula is C23H38O5. The molecule has 0 bridgehead atoms. The number of ether oxygens (including phenoxy) is 3. The van der Waals surface area contributed by atoms with Crippen molar-refractivity contribution in [2.75, 3.05) is 13.2 Å². The number of aliphatic hydroxyl groups is 2. The lowest BCUT2D eigenvalue weighted by molar-refractivity contribution is -0.178. The zero-order valence-corrected chi connectivity index (χ0v) is 18.1. The fraction of sp³-hybridized carbons (Fsp3) is 0.739. The highest BCUT2D eigenvalue weighted by atomic mass is 16.7. The van der Waals surface area contributed by atoms with E-state index in [4.69, 9.17) is 14.2 Å². The maximum atomic E-state index is 10.3. The van der Waals surface area contributed by atoms with Crippen LogP contribution >= 0.6 is 0 Å². The van der Waals surface area contributed by atoms with Crippen LogP contribution in [0, 0.1) is 11.3 Å². The Labute approximate surface area is 170 Å². The lowest BCUT2D eigenvalue weighted by atomic mass is 9.74. The highest BCUT2D eigenvalue weighted by Crippen LogP contribution is 2.40. The molecule has 0 amide bonds. The summed E-state index contributed by atoms with van der Waals surface area (Å²) >= 11 is 0. The van der Waals surface area contributed by atoms with Gasteiger partial charge in [-0.1, -0.05) is 51.1 Å². The normalized spacial score (nSPS) is 23.5. The molecule has 1 aromatic rings. The largest absolute Gasteiger partial charge is 0.396 e. The van der Waals surface area contributed by atoms with Crippen LogP contribution in [0.25, 0.3) is 0 Å². The Bertz CT molecular complexity index is 574. The quantitative estimate of drug-likeness (QED) is 0.596. The number of hydrogen-bond donors (Lipinski definition) is 2. The summed E-state index contributed by atoms with van der Waals surface area (Å²) < 4.78 is 18.4.